The van der Waals surface area contributed by atoms with Crippen LogP contribution in [0.4, 0.5) is 5.82 Å². The van der Waals surface area contributed by atoms with Crippen LogP contribution in [0.5, 0.6) is 0 Å². The Bertz CT molecular complexity index is 683. The Kier molecular flexibility index (Phi) is 10.7. The predicted molar refractivity (Wildman–Crippen MR) is 104 cm³/mol. The van der Waals surface area contributed by atoms with E-state index in [2.05, 4.69) is 15.3 Å². The number of nitrogens with zero attached hydrogens (tertiary/aromatic N) is 2. The number of hydrogen-bond donors (Lipinski definition) is 2. The number of nitrogens with two attached hydrogens (primary N) is 1. The Hall–Kier alpha value is -1.31. The number of carbonyl (C=O) groups is 1. The Balaban J connectivity index is 0.00000288. The van der Waals surface area contributed by atoms with E-state index in [1.165, 1.54) is 0 Å². The number of nitrogens with one attached hydrogen (secondary N) is 1. The van der Waals surface area contributed by atoms with E-state index < -0.39 is 12.0 Å². The van der Waals surface area contributed by atoms with Crippen LogP contribution in [0.3, 0.4) is 0 Å². The Morgan fingerprint density at radius 1 is 1.24 bits per heavy atom. The van der Waals surface area contributed by atoms with Gasteiger partial charge < -0.3 is 15.8 Å². The first-order valence-corrected chi connectivity index (χ1v) is 7.60. The molecule has 0 radical (unpaired) electrons. The molecule has 0 unspecified atom stereocenters. The summed E-state index contributed by atoms with van der Waals surface area (Å²) in [4.78, 5) is 19.9. The van der Waals surface area contributed by atoms with Crippen LogP contribution < -0.4 is 11.1 Å². The molecule has 25 heavy (non-hydrogen) atoms. The van der Waals surface area contributed by atoms with Gasteiger partial charge >= 0.3 is 5.97 Å². The molecule has 2 rings (SSSR count). The van der Waals surface area contributed by atoms with Gasteiger partial charge in [0, 0.05) is 13.2 Å². The van der Waals surface area contributed by atoms with E-state index in [0.29, 0.717) is 17.8 Å². The van der Waals surface area contributed by atoms with Crippen LogP contribution in [0.25, 0.3) is 0 Å². The molecule has 0 aliphatic heterocycles. The number of ether oxygens (including phenoxy) is 1. The molecule has 2 aromatic heterocycles. The summed E-state index contributed by atoms with van der Waals surface area (Å²) in [5.74, 6) is 0.209. The first kappa shape index (κ1) is 23.7. The van der Waals surface area contributed by atoms with Gasteiger partial charge in [0.15, 0.2) is 0 Å². The summed E-state index contributed by atoms with van der Waals surface area (Å²) in [7, 11) is 1.77. The van der Waals surface area contributed by atoms with Gasteiger partial charge in [-0.2, -0.15) is 0 Å². The molecule has 0 aromatic carbocycles. The van der Waals surface area contributed by atoms with Crippen molar-refractivity contribution >= 4 is 59.8 Å². The normalized spacial score (nSPS) is 10.9. The summed E-state index contributed by atoms with van der Waals surface area (Å²) >= 11 is 11.6. The number of halogens is 4. The van der Waals surface area contributed by atoms with E-state index in [1.807, 2.05) is 6.07 Å². The molecule has 0 amide bonds. The minimum absolute atomic E-state index is 0. The minimum atomic E-state index is -0.769. The van der Waals surface area contributed by atoms with Crippen LogP contribution in [0.1, 0.15) is 11.1 Å². The maximum Gasteiger partial charge on any atom is 0.323 e. The number of pyridine rings is 2. The van der Waals surface area contributed by atoms with Crippen LogP contribution in [0.15, 0.2) is 30.5 Å². The molecule has 0 saturated heterocycles. The lowest BCUT2D eigenvalue weighted by molar-refractivity contribution is -0.146. The van der Waals surface area contributed by atoms with E-state index in [4.69, 9.17) is 33.7 Å². The molecular weight excluding hydrogens is 410 g/mol. The zero-order valence-electron chi connectivity index (χ0n) is 13.2. The molecule has 0 fully saturated rings. The van der Waals surface area contributed by atoms with Gasteiger partial charge in [0.25, 0.3) is 0 Å². The van der Waals surface area contributed by atoms with Crippen LogP contribution >= 0.6 is 48.0 Å². The highest BCUT2D eigenvalue weighted by molar-refractivity contribution is 6.32. The van der Waals surface area contributed by atoms with E-state index in [9.17, 15) is 4.79 Å². The lowest BCUT2D eigenvalue weighted by atomic mass is 10.1. The molecule has 0 spiro atoms. The second-order valence-electron chi connectivity index (χ2n) is 4.84. The number of aromatic nitrogens is 2. The summed E-state index contributed by atoms with van der Waals surface area (Å²) in [5.41, 5.74) is 7.43. The molecule has 3 N–H and O–H groups in total. The first-order valence-electron chi connectivity index (χ1n) is 6.85. The van der Waals surface area contributed by atoms with Crippen molar-refractivity contribution in [2.24, 2.45) is 5.73 Å². The van der Waals surface area contributed by atoms with Gasteiger partial charge in [-0.25, -0.2) is 9.97 Å². The second-order valence-corrected chi connectivity index (χ2v) is 5.61. The lowest BCUT2D eigenvalue weighted by Crippen LogP contribution is -2.34. The Morgan fingerprint density at radius 2 is 1.88 bits per heavy atom. The maximum absolute atomic E-state index is 12.0. The molecule has 2 heterocycles. The third kappa shape index (κ3) is 7.63. The van der Waals surface area contributed by atoms with Gasteiger partial charge in [-0.1, -0.05) is 23.2 Å². The standard InChI is InChI=1S/C15H16Cl2N4O2.2ClH/c1-19-14-7-9(2-3-20-14)4-11(18)15(22)23-8-10-5-12(16)21-13(17)6-10;;/h2-3,5-7,11H,4,8,18H2,1H3,(H,19,20);2*1H/t11-;;/m0../s1. The zero-order valence-corrected chi connectivity index (χ0v) is 16.4. The highest BCUT2D eigenvalue weighted by Gasteiger charge is 2.16. The molecule has 6 nitrogen and oxygen atoms in total. The van der Waals surface area contributed by atoms with Crippen LogP contribution in [0, 0.1) is 0 Å². The molecule has 0 bridgehead atoms. The molecule has 0 aliphatic rings. The molecule has 0 aliphatic carbocycles. The zero-order chi connectivity index (χ0) is 16.8. The Labute approximate surface area is 168 Å². The average molecular weight is 428 g/mol. The van der Waals surface area contributed by atoms with Crippen LogP contribution in [0.2, 0.25) is 10.3 Å². The molecule has 0 saturated carbocycles. The largest absolute Gasteiger partial charge is 0.460 e. The quantitative estimate of drug-likeness (QED) is 0.543. The van der Waals surface area contributed by atoms with Crippen molar-refractivity contribution in [3.05, 3.63) is 51.9 Å². The number of rotatable bonds is 6. The van der Waals surface area contributed by atoms with Crippen molar-refractivity contribution in [2.45, 2.75) is 19.1 Å². The number of esters is 1. The fourth-order valence-corrected chi connectivity index (χ4v) is 2.44. The SMILES string of the molecule is CNc1cc(C[C@H](N)C(=O)OCc2cc(Cl)nc(Cl)c2)ccn1.Cl.Cl. The summed E-state index contributed by atoms with van der Waals surface area (Å²) in [6, 6.07) is 6.02. The first-order chi connectivity index (χ1) is 11.0. The molecule has 10 heteroatoms. The second kappa shape index (κ2) is 11.3. The van der Waals surface area contributed by atoms with Crippen molar-refractivity contribution in [3.63, 3.8) is 0 Å². The van der Waals surface area contributed by atoms with Crippen molar-refractivity contribution in [3.8, 4) is 0 Å². The third-order valence-corrected chi connectivity index (χ3v) is 3.43. The van der Waals surface area contributed by atoms with Gasteiger partial charge in [-0.05, 0) is 41.8 Å². The van der Waals surface area contributed by atoms with Crippen molar-refractivity contribution in [1.29, 1.82) is 0 Å². The van der Waals surface area contributed by atoms with Crippen molar-refractivity contribution < 1.29 is 9.53 Å². The monoisotopic (exact) mass is 426 g/mol. The molecule has 2 aromatic rings. The summed E-state index contributed by atoms with van der Waals surface area (Å²) in [6.45, 7) is 0.0343. The topological polar surface area (TPSA) is 90.1 Å². The van der Waals surface area contributed by atoms with Gasteiger partial charge in [0.2, 0.25) is 0 Å². The van der Waals surface area contributed by atoms with E-state index >= 15 is 0 Å². The summed E-state index contributed by atoms with van der Waals surface area (Å²) < 4.78 is 5.19. The summed E-state index contributed by atoms with van der Waals surface area (Å²) in [5, 5.41) is 3.41. The van der Waals surface area contributed by atoms with Gasteiger partial charge in [-0.3, -0.25) is 4.79 Å². The molecular formula is C15H18Cl4N4O2. The number of carbonyl (C=O) groups excluding carboxylic acids is 1. The third-order valence-electron chi connectivity index (χ3n) is 3.04. The van der Waals surface area contributed by atoms with Crippen LogP contribution in [-0.2, 0) is 22.6 Å². The smallest absolute Gasteiger partial charge is 0.323 e. The average Bonchev–Trinajstić information content (AvgIpc) is 2.51. The van der Waals surface area contributed by atoms with Crippen molar-refractivity contribution in [1.82, 2.24) is 9.97 Å². The number of anilines is 1. The predicted octanol–water partition coefficient (Wildman–Crippen LogP) is 3.28. The minimum Gasteiger partial charge on any atom is -0.460 e. The fourth-order valence-electron chi connectivity index (χ4n) is 1.93. The highest BCUT2D eigenvalue weighted by Crippen LogP contribution is 2.16. The van der Waals surface area contributed by atoms with E-state index in [0.717, 1.165) is 5.56 Å². The molecule has 138 valence electrons. The van der Waals surface area contributed by atoms with Gasteiger partial charge in [-0.15, -0.1) is 24.8 Å². The van der Waals surface area contributed by atoms with Gasteiger partial charge in [0.05, 0.1) is 0 Å². The number of hydrogen-bond acceptors (Lipinski definition) is 6. The summed E-state index contributed by atoms with van der Waals surface area (Å²) in [6.07, 6.45) is 2.01. The highest BCUT2D eigenvalue weighted by atomic mass is 35.5. The fraction of sp³-hybridized carbons (Fsp3) is 0.267. The molecule has 1 atom stereocenters. The van der Waals surface area contributed by atoms with Crippen LogP contribution in [-0.4, -0.2) is 29.0 Å². The van der Waals surface area contributed by atoms with Gasteiger partial charge in [0.1, 0.15) is 28.8 Å². The Morgan fingerprint density at radius 3 is 2.48 bits per heavy atom. The van der Waals surface area contributed by atoms with E-state index in [-0.39, 0.29) is 41.7 Å². The van der Waals surface area contributed by atoms with Crippen molar-refractivity contribution in [2.75, 3.05) is 12.4 Å². The lowest BCUT2D eigenvalue weighted by Gasteiger charge is -2.12. The maximum atomic E-state index is 12.0. The van der Waals surface area contributed by atoms with E-state index in [1.54, 1.807) is 31.4 Å².